The molecule has 0 radical (unpaired) electrons. The quantitative estimate of drug-likeness (QED) is 0.374. The number of pyridine rings is 1. The first-order valence-electron chi connectivity index (χ1n) is 12.0. The second-order valence-corrected chi connectivity index (χ2v) is 10.4. The van der Waals surface area contributed by atoms with Crippen LogP contribution in [-0.4, -0.2) is 75.2 Å². The fourth-order valence-electron chi connectivity index (χ4n) is 3.98. The number of halogens is 4. The largest absolute Gasteiger partial charge is 0.418 e. The predicted octanol–water partition coefficient (Wildman–Crippen LogP) is 3.24. The summed E-state index contributed by atoms with van der Waals surface area (Å²) in [5, 5.41) is 2.22. The van der Waals surface area contributed by atoms with Crippen molar-refractivity contribution in [2.24, 2.45) is 5.73 Å². The number of ketones is 1. The molecule has 1 fully saturated rings. The van der Waals surface area contributed by atoms with Gasteiger partial charge in [-0.15, -0.1) is 11.3 Å². The van der Waals surface area contributed by atoms with E-state index in [0.717, 1.165) is 17.5 Å². The molecule has 0 aliphatic carbocycles. The number of anilines is 2. The van der Waals surface area contributed by atoms with Crippen LogP contribution in [0.3, 0.4) is 0 Å². The van der Waals surface area contributed by atoms with Crippen molar-refractivity contribution in [3.63, 3.8) is 0 Å². The standard InChI is InChI=1S/C24H24ClF3N8O3S/c1-13(6-17(37)16-8-20(33-12-32-16)35-2-4-36(5-3-35)21(38)9-29)23-31-11-18(40-23)22(39)34-19-7-14(24(26,27)28)15(25)10-30-19/h7-8,10-13H,2-6,9,29H2,1H3,(H,30,34,39). The van der Waals surface area contributed by atoms with Crippen LogP contribution in [-0.2, 0) is 11.0 Å². The molecule has 3 aromatic heterocycles. The van der Waals surface area contributed by atoms with E-state index in [0.29, 0.717) is 43.1 Å². The summed E-state index contributed by atoms with van der Waals surface area (Å²) in [7, 11) is 0. The van der Waals surface area contributed by atoms with Crippen molar-refractivity contribution in [1.82, 2.24) is 24.8 Å². The second kappa shape index (κ2) is 12.2. The minimum atomic E-state index is -4.70. The highest BCUT2D eigenvalue weighted by molar-refractivity contribution is 7.13. The Balaban J connectivity index is 1.37. The van der Waals surface area contributed by atoms with Crippen LogP contribution in [0.4, 0.5) is 24.8 Å². The van der Waals surface area contributed by atoms with E-state index >= 15 is 0 Å². The maximum Gasteiger partial charge on any atom is 0.418 e. The minimum absolute atomic E-state index is 0.0437. The topological polar surface area (TPSA) is 147 Å². The van der Waals surface area contributed by atoms with Gasteiger partial charge in [-0.3, -0.25) is 14.4 Å². The van der Waals surface area contributed by atoms with Crippen LogP contribution >= 0.6 is 22.9 Å². The van der Waals surface area contributed by atoms with Gasteiger partial charge in [-0.1, -0.05) is 18.5 Å². The number of carbonyl (C=O) groups excluding carboxylic acids is 3. The molecule has 2 amide bonds. The van der Waals surface area contributed by atoms with Crippen molar-refractivity contribution in [3.05, 3.63) is 57.0 Å². The van der Waals surface area contributed by atoms with Crippen LogP contribution < -0.4 is 16.0 Å². The third-order valence-corrected chi connectivity index (χ3v) is 7.66. The Morgan fingerprint density at radius 2 is 1.82 bits per heavy atom. The smallest absolute Gasteiger partial charge is 0.353 e. The van der Waals surface area contributed by atoms with E-state index in [4.69, 9.17) is 17.3 Å². The monoisotopic (exact) mass is 596 g/mol. The Kier molecular flexibility index (Phi) is 8.95. The number of piperazine rings is 1. The molecule has 40 heavy (non-hydrogen) atoms. The fraction of sp³-hybridized carbons (Fsp3) is 0.375. The van der Waals surface area contributed by atoms with Crippen molar-refractivity contribution in [3.8, 4) is 0 Å². The zero-order chi connectivity index (χ0) is 29.0. The van der Waals surface area contributed by atoms with Gasteiger partial charge in [-0.25, -0.2) is 19.9 Å². The molecule has 4 heterocycles. The third kappa shape index (κ3) is 6.89. The summed E-state index contributed by atoms with van der Waals surface area (Å²) in [5.41, 5.74) is 4.53. The molecule has 0 aromatic carbocycles. The average Bonchev–Trinajstić information content (AvgIpc) is 3.44. The van der Waals surface area contributed by atoms with Gasteiger partial charge in [0.2, 0.25) is 5.91 Å². The number of hydrogen-bond acceptors (Lipinski definition) is 10. The van der Waals surface area contributed by atoms with Gasteiger partial charge < -0.3 is 20.9 Å². The molecule has 0 bridgehead atoms. The lowest BCUT2D eigenvalue weighted by Gasteiger charge is -2.35. The molecule has 1 atom stereocenters. The Labute approximate surface area is 235 Å². The molecule has 16 heteroatoms. The summed E-state index contributed by atoms with van der Waals surface area (Å²) in [6.07, 6.45) is -1.24. The molecule has 4 rings (SSSR count). The zero-order valence-electron chi connectivity index (χ0n) is 21.1. The lowest BCUT2D eigenvalue weighted by molar-refractivity contribution is -0.137. The van der Waals surface area contributed by atoms with Crippen molar-refractivity contribution < 1.29 is 27.6 Å². The molecule has 0 saturated carbocycles. The van der Waals surface area contributed by atoms with Gasteiger partial charge >= 0.3 is 6.18 Å². The van der Waals surface area contributed by atoms with Crippen molar-refractivity contribution in [2.75, 3.05) is 42.9 Å². The lowest BCUT2D eigenvalue weighted by atomic mass is 10.0. The minimum Gasteiger partial charge on any atom is -0.353 e. The first kappa shape index (κ1) is 29.3. The summed E-state index contributed by atoms with van der Waals surface area (Å²) in [4.78, 5) is 57.4. The van der Waals surface area contributed by atoms with Gasteiger partial charge in [-0.2, -0.15) is 13.2 Å². The van der Waals surface area contributed by atoms with Crippen molar-refractivity contribution in [2.45, 2.75) is 25.4 Å². The molecule has 1 aliphatic rings. The summed E-state index contributed by atoms with van der Waals surface area (Å²) in [6, 6.07) is 2.25. The SMILES string of the molecule is CC(CC(=O)c1cc(N2CCN(C(=O)CN)CC2)ncn1)c1ncc(C(=O)Nc2cc(C(F)(F)F)c(Cl)cn2)s1. The predicted molar refractivity (Wildman–Crippen MR) is 142 cm³/mol. The van der Waals surface area contributed by atoms with Crippen LogP contribution in [0.5, 0.6) is 0 Å². The molecule has 3 aromatic rings. The highest BCUT2D eigenvalue weighted by Gasteiger charge is 2.34. The normalized spacial score (nSPS) is 14.7. The van der Waals surface area contributed by atoms with Crippen LogP contribution in [0.2, 0.25) is 5.02 Å². The molecule has 3 N–H and O–H groups in total. The Bertz CT molecular complexity index is 1410. The Morgan fingerprint density at radius 1 is 1.10 bits per heavy atom. The lowest BCUT2D eigenvalue weighted by Crippen LogP contribution is -2.50. The van der Waals surface area contributed by atoms with Crippen molar-refractivity contribution in [1.29, 1.82) is 0 Å². The maximum absolute atomic E-state index is 13.1. The Morgan fingerprint density at radius 3 is 2.50 bits per heavy atom. The van der Waals surface area contributed by atoms with E-state index in [1.165, 1.54) is 12.5 Å². The molecular weight excluding hydrogens is 573 g/mol. The van der Waals surface area contributed by atoms with Crippen LogP contribution in [0.15, 0.2) is 30.9 Å². The van der Waals surface area contributed by atoms with E-state index in [1.807, 2.05) is 4.90 Å². The third-order valence-electron chi connectivity index (χ3n) is 6.13. The molecule has 0 spiro atoms. The van der Waals surface area contributed by atoms with Crippen molar-refractivity contribution >= 4 is 52.2 Å². The number of nitrogens with two attached hydrogens (primary N) is 1. The molecule has 1 unspecified atom stereocenters. The zero-order valence-corrected chi connectivity index (χ0v) is 22.7. The van der Waals surface area contributed by atoms with E-state index in [2.05, 4.69) is 25.3 Å². The first-order chi connectivity index (χ1) is 19.0. The fourth-order valence-corrected chi connectivity index (χ4v) is 5.05. The van der Waals surface area contributed by atoms with E-state index in [9.17, 15) is 27.6 Å². The number of carbonyl (C=O) groups is 3. The van der Waals surface area contributed by atoms with Crippen LogP contribution in [0.1, 0.15) is 50.0 Å². The Hall–Kier alpha value is -3.69. The van der Waals surface area contributed by atoms with E-state index in [1.54, 1.807) is 17.9 Å². The highest BCUT2D eigenvalue weighted by atomic mass is 35.5. The van der Waals surface area contributed by atoms with E-state index in [-0.39, 0.29) is 47.0 Å². The molecule has 11 nitrogen and oxygen atoms in total. The number of amides is 2. The number of rotatable bonds is 8. The molecule has 1 aliphatic heterocycles. The molecule has 212 valence electrons. The number of aromatic nitrogens is 4. The number of hydrogen-bond donors (Lipinski definition) is 2. The highest BCUT2D eigenvalue weighted by Crippen LogP contribution is 2.35. The maximum atomic E-state index is 13.1. The summed E-state index contributed by atoms with van der Waals surface area (Å²) in [5.74, 6) is -1.17. The number of thiazole rings is 1. The van der Waals surface area contributed by atoms with Gasteiger partial charge in [0, 0.05) is 50.8 Å². The van der Waals surface area contributed by atoms with Crippen LogP contribution in [0, 0.1) is 0 Å². The first-order valence-corrected chi connectivity index (χ1v) is 13.2. The van der Waals surface area contributed by atoms with Gasteiger partial charge in [0.05, 0.1) is 28.3 Å². The number of alkyl halides is 3. The molecular formula is C24H24ClF3N8O3S. The van der Waals surface area contributed by atoms with Gasteiger partial charge in [0.25, 0.3) is 5.91 Å². The number of Topliss-reactive ketones (excluding diaryl/α,β-unsaturated/α-hetero) is 1. The van der Waals surface area contributed by atoms with Crippen LogP contribution in [0.25, 0.3) is 0 Å². The molecule has 1 saturated heterocycles. The second-order valence-electron chi connectivity index (χ2n) is 8.93. The summed E-state index contributed by atoms with van der Waals surface area (Å²) < 4.78 is 39.3. The van der Waals surface area contributed by atoms with Gasteiger partial charge in [0.15, 0.2) is 5.78 Å². The summed E-state index contributed by atoms with van der Waals surface area (Å²) in [6.45, 7) is 3.80. The summed E-state index contributed by atoms with van der Waals surface area (Å²) >= 11 is 6.58. The number of nitrogens with one attached hydrogen (secondary N) is 1. The number of nitrogens with zero attached hydrogens (tertiary/aromatic N) is 6. The average molecular weight is 597 g/mol. The van der Waals surface area contributed by atoms with Gasteiger partial charge in [0.1, 0.15) is 28.5 Å². The van der Waals surface area contributed by atoms with E-state index < -0.39 is 22.7 Å². The van der Waals surface area contributed by atoms with Gasteiger partial charge in [-0.05, 0) is 6.07 Å².